The van der Waals surface area contributed by atoms with E-state index in [1.165, 1.54) is 19.9 Å². The van der Waals surface area contributed by atoms with Crippen molar-refractivity contribution in [1.29, 1.82) is 5.26 Å². The van der Waals surface area contributed by atoms with Gasteiger partial charge >= 0.3 is 11.9 Å². The van der Waals surface area contributed by atoms with Crippen molar-refractivity contribution < 1.29 is 28.5 Å². The molecule has 1 heterocycles. The number of carbonyl (C=O) groups excluding carboxylic acids is 2. The maximum atomic E-state index is 12.0. The number of rotatable bonds is 6. The minimum atomic E-state index is -1.31. The normalized spacial score (nSPS) is 15.4. The number of anilines is 1. The van der Waals surface area contributed by atoms with Gasteiger partial charge in [0.05, 0.1) is 24.5 Å². The van der Waals surface area contributed by atoms with Crippen LogP contribution in [0.15, 0.2) is 23.9 Å². The van der Waals surface area contributed by atoms with Crippen molar-refractivity contribution in [3.8, 4) is 17.6 Å². The van der Waals surface area contributed by atoms with Gasteiger partial charge in [0.15, 0.2) is 17.1 Å². The molecule has 1 aliphatic heterocycles. The van der Waals surface area contributed by atoms with Crippen molar-refractivity contribution in [2.75, 3.05) is 18.5 Å². The Balaban J connectivity index is 2.34. The highest BCUT2D eigenvalue weighted by Gasteiger charge is 2.39. The van der Waals surface area contributed by atoms with E-state index < -0.39 is 17.7 Å². The van der Waals surface area contributed by atoms with Gasteiger partial charge in [0.2, 0.25) is 0 Å². The monoisotopic (exact) mass is 360 g/mol. The minimum Gasteiger partial charge on any atom is -0.490 e. The van der Waals surface area contributed by atoms with Crippen LogP contribution in [0.2, 0.25) is 0 Å². The van der Waals surface area contributed by atoms with Gasteiger partial charge in [-0.3, -0.25) is 0 Å². The van der Waals surface area contributed by atoms with Crippen LogP contribution in [-0.2, 0) is 19.1 Å². The van der Waals surface area contributed by atoms with E-state index in [0.717, 1.165) is 6.20 Å². The van der Waals surface area contributed by atoms with Gasteiger partial charge in [0, 0.05) is 32.2 Å². The standard InChI is InChI=1S/C18H20N2O6/c1-5-23-14-7-11(9-19)13(8-15(14)24-6-2)20-10-12-16(21)25-18(3,4)26-17(12)22/h7-8,10,20H,5-6H2,1-4H3. The van der Waals surface area contributed by atoms with Crippen LogP contribution in [0.25, 0.3) is 0 Å². The van der Waals surface area contributed by atoms with Crippen molar-refractivity contribution in [1.82, 2.24) is 0 Å². The van der Waals surface area contributed by atoms with Gasteiger partial charge in [-0.1, -0.05) is 0 Å². The third-order valence-electron chi connectivity index (χ3n) is 3.29. The highest BCUT2D eigenvalue weighted by molar-refractivity contribution is 6.15. The lowest BCUT2D eigenvalue weighted by molar-refractivity contribution is -0.222. The third-order valence-corrected chi connectivity index (χ3v) is 3.29. The fourth-order valence-corrected chi connectivity index (χ4v) is 2.24. The summed E-state index contributed by atoms with van der Waals surface area (Å²) < 4.78 is 21.0. The zero-order chi connectivity index (χ0) is 19.3. The number of hydrogen-bond donors (Lipinski definition) is 1. The van der Waals surface area contributed by atoms with Crippen LogP contribution in [0.3, 0.4) is 0 Å². The summed E-state index contributed by atoms with van der Waals surface area (Å²) in [5.41, 5.74) is 0.295. The highest BCUT2D eigenvalue weighted by atomic mass is 16.7. The summed E-state index contributed by atoms with van der Waals surface area (Å²) in [6.07, 6.45) is 1.14. The molecular formula is C18H20N2O6. The lowest BCUT2D eigenvalue weighted by Gasteiger charge is -2.29. The van der Waals surface area contributed by atoms with Gasteiger partial charge in [-0.15, -0.1) is 0 Å². The first-order valence-electron chi connectivity index (χ1n) is 8.08. The zero-order valence-electron chi connectivity index (χ0n) is 15.0. The van der Waals surface area contributed by atoms with E-state index in [0.29, 0.717) is 30.4 Å². The molecule has 1 N–H and O–H groups in total. The van der Waals surface area contributed by atoms with Gasteiger partial charge in [0.1, 0.15) is 6.07 Å². The fraction of sp³-hybridized carbons (Fsp3) is 0.389. The molecule has 0 atom stereocenters. The molecule has 1 saturated heterocycles. The minimum absolute atomic E-state index is 0.256. The zero-order valence-corrected chi connectivity index (χ0v) is 15.0. The summed E-state index contributed by atoms with van der Waals surface area (Å²) in [5.74, 6) is -2.07. The maximum absolute atomic E-state index is 12.0. The smallest absolute Gasteiger partial charge is 0.350 e. The first kappa shape index (κ1) is 19.1. The van der Waals surface area contributed by atoms with E-state index in [1.54, 1.807) is 6.07 Å². The van der Waals surface area contributed by atoms with Crippen LogP contribution in [0, 0.1) is 11.3 Å². The summed E-state index contributed by atoms with van der Waals surface area (Å²) in [7, 11) is 0. The van der Waals surface area contributed by atoms with E-state index in [2.05, 4.69) is 5.32 Å². The van der Waals surface area contributed by atoms with E-state index >= 15 is 0 Å². The molecule has 1 aromatic rings. The molecule has 138 valence electrons. The molecule has 1 fully saturated rings. The molecule has 0 aliphatic carbocycles. The van der Waals surface area contributed by atoms with Gasteiger partial charge in [-0.05, 0) is 13.8 Å². The van der Waals surface area contributed by atoms with Gasteiger partial charge in [-0.2, -0.15) is 5.26 Å². The summed E-state index contributed by atoms with van der Waals surface area (Å²) in [5, 5.41) is 12.1. The quantitative estimate of drug-likeness (QED) is 0.468. The molecule has 0 amide bonds. The van der Waals surface area contributed by atoms with Gasteiger partial charge < -0.3 is 24.3 Å². The van der Waals surface area contributed by atoms with Crippen LogP contribution < -0.4 is 14.8 Å². The maximum Gasteiger partial charge on any atom is 0.350 e. The number of benzene rings is 1. The predicted octanol–water partition coefficient (Wildman–Crippen LogP) is 2.49. The molecule has 0 radical (unpaired) electrons. The molecule has 1 aliphatic rings. The van der Waals surface area contributed by atoms with Crippen molar-refractivity contribution in [3.63, 3.8) is 0 Å². The SMILES string of the molecule is CCOc1cc(C#N)c(NC=C2C(=O)OC(C)(C)OC2=O)cc1OCC. The average molecular weight is 360 g/mol. The Bertz CT molecular complexity index is 770. The summed E-state index contributed by atoms with van der Waals surface area (Å²) >= 11 is 0. The van der Waals surface area contributed by atoms with E-state index in [4.69, 9.17) is 18.9 Å². The highest BCUT2D eigenvalue weighted by Crippen LogP contribution is 2.34. The number of hydrogen-bond acceptors (Lipinski definition) is 8. The lowest BCUT2D eigenvalue weighted by atomic mass is 10.1. The number of ether oxygens (including phenoxy) is 4. The Hall–Kier alpha value is -3.21. The average Bonchev–Trinajstić information content (AvgIpc) is 2.55. The molecule has 0 aromatic heterocycles. The Morgan fingerprint density at radius 3 is 2.15 bits per heavy atom. The second-order valence-corrected chi connectivity index (χ2v) is 5.70. The number of carbonyl (C=O) groups is 2. The largest absolute Gasteiger partial charge is 0.490 e. The Morgan fingerprint density at radius 1 is 1.12 bits per heavy atom. The number of cyclic esters (lactones) is 2. The van der Waals surface area contributed by atoms with E-state index in [9.17, 15) is 14.9 Å². The molecule has 1 aromatic carbocycles. The lowest BCUT2D eigenvalue weighted by Crippen LogP contribution is -2.42. The second-order valence-electron chi connectivity index (χ2n) is 5.70. The van der Waals surface area contributed by atoms with E-state index in [-0.39, 0.29) is 11.1 Å². The molecule has 0 saturated carbocycles. The number of nitriles is 1. The van der Waals surface area contributed by atoms with Crippen molar-refractivity contribution in [2.45, 2.75) is 33.5 Å². The van der Waals surface area contributed by atoms with Crippen LogP contribution in [0.1, 0.15) is 33.3 Å². The topological polar surface area (TPSA) is 107 Å². The first-order valence-corrected chi connectivity index (χ1v) is 8.08. The molecule has 0 spiro atoms. The van der Waals surface area contributed by atoms with Crippen molar-refractivity contribution in [3.05, 3.63) is 29.5 Å². The molecule has 8 nitrogen and oxygen atoms in total. The summed E-state index contributed by atoms with van der Waals surface area (Å²) in [6.45, 7) is 7.37. The van der Waals surface area contributed by atoms with Crippen LogP contribution >= 0.6 is 0 Å². The second kappa shape index (κ2) is 7.78. The van der Waals surface area contributed by atoms with Crippen molar-refractivity contribution >= 4 is 17.6 Å². The Morgan fingerprint density at radius 2 is 1.65 bits per heavy atom. The molecule has 8 heteroatoms. The van der Waals surface area contributed by atoms with Crippen molar-refractivity contribution in [2.24, 2.45) is 0 Å². The summed E-state index contributed by atoms with van der Waals surface area (Å²) in [6, 6.07) is 5.11. The Kier molecular flexibility index (Phi) is 5.72. The predicted molar refractivity (Wildman–Crippen MR) is 91.5 cm³/mol. The van der Waals surface area contributed by atoms with Crippen LogP contribution in [0.4, 0.5) is 5.69 Å². The van der Waals surface area contributed by atoms with Gasteiger partial charge in [0.25, 0.3) is 5.79 Å². The number of nitrogens with zero attached hydrogens (tertiary/aromatic N) is 1. The Labute approximate surface area is 151 Å². The summed E-state index contributed by atoms with van der Waals surface area (Å²) in [4.78, 5) is 23.9. The molecule has 0 unspecified atom stereocenters. The molecule has 2 rings (SSSR count). The first-order chi connectivity index (χ1) is 12.3. The van der Waals surface area contributed by atoms with Gasteiger partial charge in [-0.25, -0.2) is 9.59 Å². The molecule has 0 bridgehead atoms. The van der Waals surface area contributed by atoms with E-state index in [1.807, 2.05) is 19.9 Å². The fourth-order valence-electron chi connectivity index (χ4n) is 2.24. The molecular weight excluding hydrogens is 340 g/mol. The number of nitrogens with one attached hydrogen (secondary N) is 1. The number of esters is 2. The van der Waals surface area contributed by atoms with Crippen LogP contribution in [0.5, 0.6) is 11.5 Å². The third kappa shape index (κ3) is 4.25. The van der Waals surface area contributed by atoms with Crippen LogP contribution in [-0.4, -0.2) is 30.9 Å². The molecule has 26 heavy (non-hydrogen) atoms.